The fraction of sp³-hybridized carbons (Fsp3) is 0.619. The number of aromatic nitrogens is 2. The number of nitrogens with one attached hydrogen (secondary N) is 1. The van der Waals surface area contributed by atoms with Crippen LogP contribution in [0.25, 0.3) is 10.2 Å². The van der Waals surface area contributed by atoms with E-state index in [0.29, 0.717) is 40.4 Å². The molecular weight excluding hydrogens is 404 g/mol. The number of amides is 2. The van der Waals surface area contributed by atoms with Crippen molar-refractivity contribution in [3.05, 3.63) is 16.3 Å². The van der Waals surface area contributed by atoms with Gasteiger partial charge in [0.05, 0.1) is 23.3 Å². The van der Waals surface area contributed by atoms with Crippen molar-refractivity contribution in [1.82, 2.24) is 20.2 Å². The number of piperidine rings is 1. The summed E-state index contributed by atoms with van der Waals surface area (Å²) in [4.78, 5) is 38.0. The Morgan fingerprint density at radius 2 is 2.03 bits per heavy atom. The molecule has 2 amide bonds. The molecule has 1 atom stereocenters. The number of rotatable bonds is 7. The highest BCUT2D eigenvalue weighted by Gasteiger charge is 2.32. The second-order valence-corrected chi connectivity index (χ2v) is 9.10. The largest absolute Gasteiger partial charge is 0.480 e. The first-order chi connectivity index (χ1) is 14.5. The molecule has 8 nitrogen and oxygen atoms in total. The molecule has 2 aromatic rings. The highest BCUT2D eigenvalue weighted by molar-refractivity contribution is 7.20. The van der Waals surface area contributed by atoms with Gasteiger partial charge in [0.1, 0.15) is 11.4 Å². The van der Waals surface area contributed by atoms with Crippen LogP contribution in [-0.2, 0) is 16.1 Å². The Bertz CT molecular complexity index is 956. The van der Waals surface area contributed by atoms with Gasteiger partial charge in [0.15, 0.2) is 5.82 Å². The molecule has 1 saturated carbocycles. The molecule has 30 heavy (non-hydrogen) atoms. The number of likely N-dealkylation sites (tertiary alicyclic amines) is 1. The average Bonchev–Trinajstić information content (AvgIpc) is 3.53. The van der Waals surface area contributed by atoms with Crippen molar-refractivity contribution >= 4 is 33.4 Å². The third-order valence-electron chi connectivity index (χ3n) is 5.81. The summed E-state index contributed by atoms with van der Waals surface area (Å²) in [5.74, 6) is 1.51. The number of carbonyl (C=O) groups excluding carboxylic acids is 2. The number of carbonyl (C=O) groups is 2. The predicted octanol–water partition coefficient (Wildman–Crippen LogP) is 2.53. The Morgan fingerprint density at radius 3 is 2.73 bits per heavy atom. The van der Waals surface area contributed by atoms with Crippen molar-refractivity contribution in [2.24, 2.45) is 11.8 Å². The van der Waals surface area contributed by atoms with Crippen molar-refractivity contribution in [1.29, 1.82) is 0 Å². The zero-order valence-corrected chi connectivity index (χ0v) is 18.5. The van der Waals surface area contributed by atoms with E-state index in [1.165, 1.54) is 24.2 Å². The van der Waals surface area contributed by atoms with E-state index in [0.717, 1.165) is 30.3 Å². The lowest BCUT2D eigenvalue weighted by Gasteiger charge is -2.32. The lowest BCUT2D eigenvalue weighted by molar-refractivity contribution is -0.126. The van der Waals surface area contributed by atoms with Gasteiger partial charge < -0.3 is 19.7 Å². The van der Waals surface area contributed by atoms with E-state index < -0.39 is 0 Å². The van der Waals surface area contributed by atoms with Gasteiger partial charge in [-0.25, -0.2) is 4.98 Å². The zero-order chi connectivity index (χ0) is 21.3. The van der Waals surface area contributed by atoms with Gasteiger partial charge in [-0.1, -0.05) is 0 Å². The van der Waals surface area contributed by atoms with Crippen LogP contribution >= 0.6 is 11.3 Å². The third-order valence-corrected chi connectivity index (χ3v) is 6.98. The molecule has 1 saturated heterocycles. The van der Waals surface area contributed by atoms with Crippen LogP contribution in [0.1, 0.15) is 46.7 Å². The van der Waals surface area contributed by atoms with Crippen molar-refractivity contribution in [3.63, 3.8) is 0 Å². The van der Waals surface area contributed by atoms with Gasteiger partial charge >= 0.3 is 0 Å². The van der Waals surface area contributed by atoms with Gasteiger partial charge in [-0.05, 0) is 44.1 Å². The Hall–Kier alpha value is -2.26. The van der Waals surface area contributed by atoms with Crippen LogP contribution in [-0.4, -0.2) is 60.5 Å². The Balaban J connectivity index is 1.54. The highest BCUT2D eigenvalue weighted by Crippen LogP contribution is 2.36. The van der Waals surface area contributed by atoms with Crippen LogP contribution in [0.4, 0.5) is 0 Å². The predicted molar refractivity (Wildman–Crippen MR) is 114 cm³/mol. The summed E-state index contributed by atoms with van der Waals surface area (Å²) in [5, 5.41) is 3.82. The highest BCUT2D eigenvalue weighted by atomic mass is 32.1. The van der Waals surface area contributed by atoms with E-state index in [4.69, 9.17) is 9.47 Å². The molecule has 0 spiro atoms. The van der Waals surface area contributed by atoms with Crippen molar-refractivity contribution in [2.75, 3.05) is 33.9 Å². The fourth-order valence-electron chi connectivity index (χ4n) is 3.92. The van der Waals surface area contributed by atoms with E-state index in [9.17, 15) is 9.59 Å². The summed E-state index contributed by atoms with van der Waals surface area (Å²) < 4.78 is 10.6. The first-order valence-corrected chi connectivity index (χ1v) is 11.2. The van der Waals surface area contributed by atoms with Gasteiger partial charge in [-0.15, -0.1) is 11.3 Å². The normalized spacial score (nSPS) is 19.2. The minimum absolute atomic E-state index is 0.0504. The third kappa shape index (κ3) is 4.27. The van der Waals surface area contributed by atoms with Crippen molar-refractivity contribution in [2.45, 2.75) is 39.2 Å². The number of fused-ring (bicyclic) bond motifs is 1. The minimum atomic E-state index is -0.140. The standard InChI is InChI=1S/C21H28N4O4S/c1-12-16-19(29-3)23-15(11-28-2)24-20(16)30-17(12)21(27)25-8-4-5-14(10-25)18(26)22-9-13-6-7-13/h13-14H,4-11H2,1-3H3,(H,22,26). The van der Waals surface area contributed by atoms with Crippen LogP contribution in [0.2, 0.25) is 0 Å². The van der Waals surface area contributed by atoms with E-state index >= 15 is 0 Å². The van der Waals surface area contributed by atoms with Gasteiger partial charge in [0, 0.05) is 26.7 Å². The lowest BCUT2D eigenvalue weighted by atomic mass is 9.96. The molecule has 1 unspecified atom stereocenters. The molecule has 1 aliphatic carbocycles. The summed E-state index contributed by atoms with van der Waals surface area (Å²) >= 11 is 1.35. The van der Waals surface area contributed by atoms with Crippen LogP contribution in [0.15, 0.2) is 0 Å². The zero-order valence-electron chi connectivity index (χ0n) is 17.7. The van der Waals surface area contributed by atoms with Gasteiger partial charge in [0.2, 0.25) is 11.8 Å². The molecular formula is C21H28N4O4S. The second-order valence-electron chi connectivity index (χ2n) is 8.10. The molecule has 1 aliphatic heterocycles. The summed E-state index contributed by atoms with van der Waals surface area (Å²) in [7, 11) is 3.15. The van der Waals surface area contributed by atoms with Crippen molar-refractivity contribution in [3.8, 4) is 5.88 Å². The van der Waals surface area contributed by atoms with Crippen LogP contribution in [0.5, 0.6) is 5.88 Å². The van der Waals surface area contributed by atoms with Gasteiger partial charge in [-0.3, -0.25) is 9.59 Å². The van der Waals surface area contributed by atoms with Crippen LogP contribution in [0.3, 0.4) is 0 Å². The number of methoxy groups -OCH3 is 2. The topological polar surface area (TPSA) is 93.7 Å². The van der Waals surface area contributed by atoms with Crippen LogP contribution < -0.4 is 10.1 Å². The molecule has 3 heterocycles. The monoisotopic (exact) mass is 432 g/mol. The summed E-state index contributed by atoms with van der Waals surface area (Å²) in [6.45, 7) is 4.06. The minimum Gasteiger partial charge on any atom is -0.480 e. The molecule has 1 N–H and O–H groups in total. The van der Waals surface area contributed by atoms with Crippen molar-refractivity contribution < 1.29 is 19.1 Å². The molecule has 162 valence electrons. The maximum Gasteiger partial charge on any atom is 0.264 e. The Labute approximate surface area is 180 Å². The van der Waals surface area contributed by atoms with E-state index in [1.54, 1.807) is 19.1 Å². The first-order valence-electron chi connectivity index (χ1n) is 10.4. The number of thiophene rings is 1. The SMILES string of the molecule is COCc1nc(OC)c2c(C)c(C(=O)N3CCCC(C(=O)NCC4CC4)C3)sc2n1. The second kappa shape index (κ2) is 8.85. The number of nitrogens with zero attached hydrogens (tertiary/aromatic N) is 3. The van der Waals surface area contributed by atoms with E-state index in [-0.39, 0.29) is 24.3 Å². The molecule has 2 fully saturated rings. The quantitative estimate of drug-likeness (QED) is 0.723. The van der Waals surface area contributed by atoms with Gasteiger partial charge in [0.25, 0.3) is 5.91 Å². The molecule has 0 radical (unpaired) electrons. The van der Waals surface area contributed by atoms with Crippen LogP contribution in [0, 0.1) is 18.8 Å². The number of hydrogen-bond donors (Lipinski definition) is 1. The maximum absolute atomic E-state index is 13.3. The van der Waals surface area contributed by atoms with E-state index in [1.807, 2.05) is 6.92 Å². The molecule has 2 aliphatic rings. The molecule has 0 aromatic carbocycles. The Morgan fingerprint density at radius 1 is 1.23 bits per heavy atom. The molecule has 0 bridgehead atoms. The first kappa shape index (κ1) is 21.0. The number of ether oxygens (including phenoxy) is 2. The van der Waals surface area contributed by atoms with E-state index in [2.05, 4.69) is 15.3 Å². The van der Waals surface area contributed by atoms with Gasteiger partial charge in [-0.2, -0.15) is 4.98 Å². The Kier molecular flexibility index (Phi) is 6.19. The summed E-state index contributed by atoms with van der Waals surface area (Å²) in [5.41, 5.74) is 0.820. The lowest BCUT2D eigenvalue weighted by Crippen LogP contribution is -2.45. The smallest absolute Gasteiger partial charge is 0.264 e. The fourth-order valence-corrected chi connectivity index (χ4v) is 5.08. The summed E-state index contributed by atoms with van der Waals surface area (Å²) in [6.07, 6.45) is 4.07. The molecule has 9 heteroatoms. The average molecular weight is 433 g/mol. The molecule has 2 aromatic heterocycles. The maximum atomic E-state index is 13.3. The number of aryl methyl sites for hydroxylation is 1. The number of hydrogen-bond acceptors (Lipinski definition) is 7. The summed E-state index contributed by atoms with van der Waals surface area (Å²) in [6, 6.07) is 0. The molecule has 4 rings (SSSR count).